The summed E-state index contributed by atoms with van der Waals surface area (Å²) in [5.74, 6) is 0. The van der Waals surface area contributed by atoms with Crippen LogP contribution >= 0.6 is 11.3 Å². The van der Waals surface area contributed by atoms with Crippen LogP contribution in [0, 0.1) is 0 Å². The molecule has 0 radical (unpaired) electrons. The first-order valence-electron chi connectivity index (χ1n) is 6.97. The van der Waals surface area contributed by atoms with Crippen molar-refractivity contribution >= 4 is 17.4 Å². The van der Waals surface area contributed by atoms with Gasteiger partial charge >= 0.3 is 6.03 Å². The highest BCUT2D eigenvalue weighted by Gasteiger charge is 2.05. The minimum atomic E-state index is -0.425. The first kappa shape index (κ1) is 15.5. The molecule has 5 heteroatoms. The summed E-state index contributed by atoms with van der Waals surface area (Å²) in [5, 5.41) is 15.1. The van der Waals surface area contributed by atoms with Gasteiger partial charge in [0.05, 0.1) is 6.10 Å². The van der Waals surface area contributed by atoms with Crippen molar-refractivity contribution in [2.75, 3.05) is 6.54 Å². The van der Waals surface area contributed by atoms with E-state index in [1.54, 1.807) is 18.3 Å². The molecule has 1 aromatic heterocycles. The van der Waals surface area contributed by atoms with E-state index in [4.69, 9.17) is 0 Å². The van der Waals surface area contributed by atoms with Gasteiger partial charge in [-0.15, -0.1) is 11.3 Å². The Morgan fingerprint density at radius 1 is 1.19 bits per heavy atom. The highest BCUT2D eigenvalue weighted by molar-refractivity contribution is 7.12. The van der Waals surface area contributed by atoms with Crippen LogP contribution in [-0.4, -0.2) is 17.7 Å². The Morgan fingerprint density at radius 2 is 1.95 bits per heavy atom. The molecule has 4 nitrogen and oxygen atoms in total. The molecule has 0 aliphatic carbocycles. The smallest absolute Gasteiger partial charge is 0.315 e. The van der Waals surface area contributed by atoms with Gasteiger partial charge in [0.25, 0.3) is 0 Å². The van der Waals surface area contributed by atoms with Crippen LogP contribution in [0.15, 0.2) is 42.5 Å². The molecule has 0 spiro atoms. The van der Waals surface area contributed by atoms with Crippen molar-refractivity contribution < 1.29 is 9.90 Å². The number of thiophene rings is 1. The molecule has 3 N–H and O–H groups in total. The van der Waals surface area contributed by atoms with E-state index in [2.05, 4.69) is 10.6 Å². The second-order valence-electron chi connectivity index (χ2n) is 4.83. The van der Waals surface area contributed by atoms with Gasteiger partial charge in [0.15, 0.2) is 0 Å². The predicted molar refractivity (Wildman–Crippen MR) is 85.3 cm³/mol. The molecule has 112 valence electrons. The first-order chi connectivity index (χ1) is 10.1. The summed E-state index contributed by atoms with van der Waals surface area (Å²) < 4.78 is 0. The lowest BCUT2D eigenvalue weighted by Gasteiger charge is -2.07. The van der Waals surface area contributed by atoms with Gasteiger partial charge < -0.3 is 15.7 Å². The van der Waals surface area contributed by atoms with Gasteiger partial charge in [0.2, 0.25) is 0 Å². The van der Waals surface area contributed by atoms with Crippen LogP contribution in [0.5, 0.6) is 0 Å². The lowest BCUT2D eigenvalue weighted by atomic mass is 10.2. The molecule has 0 bridgehead atoms. The van der Waals surface area contributed by atoms with Crippen LogP contribution < -0.4 is 10.6 Å². The predicted octanol–water partition coefficient (Wildman–Crippen LogP) is 2.84. The van der Waals surface area contributed by atoms with Crippen LogP contribution in [-0.2, 0) is 13.0 Å². The van der Waals surface area contributed by atoms with Crippen molar-refractivity contribution in [3.63, 3.8) is 0 Å². The quantitative estimate of drug-likeness (QED) is 0.768. The number of nitrogens with one attached hydrogen (secondary N) is 2. The van der Waals surface area contributed by atoms with Crippen molar-refractivity contribution in [1.82, 2.24) is 10.6 Å². The molecule has 1 atom stereocenters. The molecular weight excluding hydrogens is 284 g/mol. The molecule has 0 aliphatic rings. The number of benzene rings is 1. The first-order valence-corrected chi connectivity index (χ1v) is 7.79. The van der Waals surface area contributed by atoms with Gasteiger partial charge in [-0.2, -0.15) is 0 Å². The van der Waals surface area contributed by atoms with E-state index in [-0.39, 0.29) is 6.03 Å². The molecule has 0 saturated heterocycles. The zero-order valence-corrected chi connectivity index (χ0v) is 12.8. The Bertz CT molecular complexity index is 567. The monoisotopic (exact) mass is 304 g/mol. The third kappa shape index (κ3) is 5.21. The maximum Gasteiger partial charge on any atom is 0.315 e. The molecule has 2 rings (SSSR count). The summed E-state index contributed by atoms with van der Waals surface area (Å²) in [7, 11) is 0. The van der Waals surface area contributed by atoms with Crippen molar-refractivity contribution in [2.45, 2.75) is 26.0 Å². The molecule has 0 unspecified atom stereocenters. The van der Waals surface area contributed by atoms with Crippen LogP contribution in [0.2, 0.25) is 0 Å². The molecule has 1 aromatic carbocycles. The zero-order valence-electron chi connectivity index (χ0n) is 12.0. The number of aliphatic hydroxyl groups is 1. The van der Waals surface area contributed by atoms with Crippen LogP contribution in [0.4, 0.5) is 4.79 Å². The summed E-state index contributed by atoms with van der Waals surface area (Å²) in [6, 6.07) is 13.6. The van der Waals surface area contributed by atoms with E-state index in [0.717, 1.165) is 21.7 Å². The fourth-order valence-electron chi connectivity index (χ4n) is 1.89. The molecule has 2 aromatic rings. The zero-order chi connectivity index (χ0) is 15.1. The van der Waals surface area contributed by atoms with E-state index < -0.39 is 6.10 Å². The second kappa shape index (κ2) is 7.81. The van der Waals surface area contributed by atoms with E-state index in [0.29, 0.717) is 13.1 Å². The largest absolute Gasteiger partial charge is 0.388 e. The van der Waals surface area contributed by atoms with E-state index >= 15 is 0 Å². The van der Waals surface area contributed by atoms with Gasteiger partial charge in [0.1, 0.15) is 0 Å². The molecule has 0 fully saturated rings. The van der Waals surface area contributed by atoms with Gasteiger partial charge in [-0.3, -0.25) is 0 Å². The minimum absolute atomic E-state index is 0.161. The molecule has 2 amide bonds. The third-order valence-electron chi connectivity index (χ3n) is 3.05. The second-order valence-corrected chi connectivity index (χ2v) is 6.03. The van der Waals surface area contributed by atoms with Crippen LogP contribution in [0.25, 0.3) is 0 Å². The van der Waals surface area contributed by atoms with Gasteiger partial charge in [0, 0.05) is 22.8 Å². The Morgan fingerprint density at radius 3 is 2.62 bits per heavy atom. The molecule has 0 aliphatic heterocycles. The highest BCUT2D eigenvalue weighted by atomic mass is 32.1. The number of amides is 2. The van der Waals surface area contributed by atoms with Gasteiger partial charge in [-0.1, -0.05) is 30.3 Å². The van der Waals surface area contributed by atoms with Crippen molar-refractivity contribution in [3.05, 3.63) is 57.8 Å². The number of hydrogen-bond donors (Lipinski definition) is 3. The molecule has 0 saturated carbocycles. The van der Waals surface area contributed by atoms with E-state index in [1.807, 2.05) is 42.5 Å². The number of aliphatic hydroxyl groups excluding tert-OH is 1. The van der Waals surface area contributed by atoms with Crippen LogP contribution in [0.1, 0.15) is 28.3 Å². The number of urea groups is 1. The Hall–Kier alpha value is -1.85. The average molecular weight is 304 g/mol. The number of hydrogen-bond acceptors (Lipinski definition) is 3. The lowest BCUT2D eigenvalue weighted by Crippen LogP contribution is -2.36. The number of carbonyl (C=O) groups is 1. The average Bonchev–Trinajstić information content (AvgIpc) is 2.95. The fourth-order valence-corrected chi connectivity index (χ4v) is 2.84. The Kier molecular flexibility index (Phi) is 5.78. The minimum Gasteiger partial charge on any atom is -0.388 e. The maximum absolute atomic E-state index is 11.7. The van der Waals surface area contributed by atoms with Crippen LogP contribution in [0.3, 0.4) is 0 Å². The Labute approximate surface area is 128 Å². The molecule has 1 heterocycles. The summed E-state index contributed by atoms with van der Waals surface area (Å²) in [6.45, 7) is 2.86. The fraction of sp³-hybridized carbons (Fsp3) is 0.312. The summed E-state index contributed by atoms with van der Waals surface area (Å²) in [4.78, 5) is 13.8. The lowest BCUT2D eigenvalue weighted by molar-refractivity contribution is 0.203. The van der Waals surface area contributed by atoms with Gasteiger partial charge in [-0.05, 0) is 31.0 Å². The topological polar surface area (TPSA) is 61.4 Å². The van der Waals surface area contributed by atoms with E-state index in [1.165, 1.54) is 0 Å². The number of carbonyl (C=O) groups excluding carboxylic acids is 1. The SMILES string of the molecule is C[C@@H](O)c1ccc(CCNC(=O)NCc2ccccc2)s1. The Balaban J connectivity index is 1.67. The summed E-state index contributed by atoms with van der Waals surface area (Å²) in [6.07, 6.45) is 0.349. The van der Waals surface area contributed by atoms with Gasteiger partial charge in [-0.25, -0.2) is 4.79 Å². The number of rotatable bonds is 6. The van der Waals surface area contributed by atoms with E-state index in [9.17, 15) is 9.90 Å². The molecule has 21 heavy (non-hydrogen) atoms. The van der Waals surface area contributed by atoms with Crippen molar-refractivity contribution in [3.8, 4) is 0 Å². The normalized spacial score (nSPS) is 11.9. The van der Waals surface area contributed by atoms with Crippen molar-refractivity contribution in [1.29, 1.82) is 0 Å². The van der Waals surface area contributed by atoms with Crippen molar-refractivity contribution in [2.24, 2.45) is 0 Å². The molecular formula is C16H20N2O2S. The third-order valence-corrected chi connectivity index (χ3v) is 4.36. The summed E-state index contributed by atoms with van der Waals surface area (Å²) >= 11 is 1.58. The standard InChI is InChI=1S/C16H20N2O2S/c1-12(19)15-8-7-14(21-15)9-10-17-16(20)18-11-13-5-3-2-4-6-13/h2-8,12,19H,9-11H2,1H3,(H2,17,18,20)/t12-/m1/s1. The summed E-state index contributed by atoms with van der Waals surface area (Å²) in [5.41, 5.74) is 1.08. The highest BCUT2D eigenvalue weighted by Crippen LogP contribution is 2.22. The maximum atomic E-state index is 11.7.